The molecule has 5 heteroatoms. The molecule has 0 saturated carbocycles. The summed E-state index contributed by atoms with van der Waals surface area (Å²) in [5, 5.41) is 3.59. The van der Waals surface area contributed by atoms with Crippen molar-refractivity contribution >= 4 is 17.5 Å². The van der Waals surface area contributed by atoms with Gasteiger partial charge in [-0.2, -0.15) is 0 Å². The van der Waals surface area contributed by atoms with Crippen LogP contribution in [0.2, 0.25) is 5.02 Å². The SMILES string of the molecule is CCCCCCCCCCCCCCOc1ccc(CC(=O)NCC2=CCN(CCC)C=C2)c(Cl)c1. The van der Waals surface area contributed by atoms with Crippen LogP contribution in [0.15, 0.2) is 42.1 Å². The van der Waals surface area contributed by atoms with Crippen molar-refractivity contribution in [3.63, 3.8) is 0 Å². The van der Waals surface area contributed by atoms with Crippen LogP contribution in [-0.2, 0) is 11.2 Å². The summed E-state index contributed by atoms with van der Waals surface area (Å²) in [5.74, 6) is 0.758. The van der Waals surface area contributed by atoms with Gasteiger partial charge in [-0.25, -0.2) is 0 Å². The van der Waals surface area contributed by atoms with Crippen LogP contribution in [0, 0.1) is 0 Å². The molecule has 0 aliphatic carbocycles. The number of ether oxygens (including phenoxy) is 1. The maximum absolute atomic E-state index is 12.4. The number of nitrogens with one attached hydrogen (secondary N) is 1. The number of hydrogen-bond acceptors (Lipinski definition) is 3. The zero-order chi connectivity index (χ0) is 25.8. The van der Waals surface area contributed by atoms with Crippen LogP contribution < -0.4 is 10.1 Å². The molecular formula is C31H49ClN2O2. The van der Waals surface area contributed by atoms with Crippen LogP contribution in [0.3, 0.4) is 0 Å². The lowest BCUT2D eigenvalue weighted by Gasteiger charge is -2.22. The third-order valence-electron chi connectivity index (χ3n) is 6.73. The molecule has 0 aromatic heterocycles. The number of amides is 1. The fourth-order valence-electron chi connectivity index (χ4n) is 4.48. The lowest BCUT2D eigenvalue weighted by molar-refractivity contribution is -0.120. The number of unbranched alkanes of at least 4 members (excludes halogenated alkanes) is 11. The Hall–Kier alpha value is -1.94. The molecule has 202 valence electrons. The maximum Gasteiger partial charge on any atom is 0.224 e. The minimum absolute atomic E-state index is 0.0210. The standard InChI is InChI=1S/C31H49ClN2O2/c1-3-5-6-7-8-9-10-11-12-13-14-15-23-36-29-17-16-28(30(32)25-29)24-31(35)33-26-27-18-21-34(20-4-2)22-19-27/h16-19,21,25H,3-15,20,22-24,26H2,1-2H3,(H,33,35). The van der Waals surface area contributed by atoms with Crippen LogP contribution in [0.25, 0.3) is 0 Å². The van der Waals surface area contributed by atoms with Crippen LogP contribution in [-0.4, -0.2) is 37.0 Å². The first-order chi connectivity index (χ1) is 17.6. The molecule has 4 nitrogen and oxygen atoms in total. The predicted molar refractivity (Wildman–Crippen MR) is 154 cm³/mol. The number of benzene rings is 1. The first-order valence-corrected chi connectivity index (χ1v) is 14.8. The molecule has 0 radical (unpaired) electrons. The van der Waals surface area contributed by atoms with Crippen LogP contribution in [0.5, 0.6) is 5.75 Å². The molecule has 0 atom stereocenters. The molecule has 1 aliphatic heterocycles. The minimum Gasteiger partial charge on any atom is -0.494 e. The third-order valence-corrected chi connectivity index (χ3v) is 7.08. The highest BCUT2D eigenvalue weighted by atomic mass is 35.5. The monoisotopic (exact) mass is 516 g/mol. The number of hydrogen-bond donors (Lipinski definition) is 1. The number of carbonyl (C=O) groups is 1. The number of rotatable bonds is 20. The normalized spacial score (nSPS) is 13.1. The molecule has 0 spiro atoms. The Balaban J connectivity index is 1.53. The maximum atomic E-state index is 12.4. The van der Waals surface area contributed by atoms with E-state index in [1.165, 1.54) is 70.6 Å². The summed E-state index contributed by atoms with van der Waals surface area (Å²) >= 11 is 6.44. The number of halogens is 1. The summed E-state index contributed by atoms with van der Waals surface area (Å²) in [7, 11) is 0. The number of nitrogens with zero attached hydrogens (tertiary/aromatic N) is 1. The van der Waals surface area contributed by atoms with Gasteiger partial charge in [0.2, 0.25) is 5.91 Å². The molecule has 1 aromatic rings. The van der Waals surface area contributed by atoms with Crippen LogP contribution in [0.4, 0.5) is 0 Å². The molecule has 36 heavy (non-hydrogen) atoms. The molecule has 1 N–H and O–H groups in total. The van der Waals surface area contributed by atoms with Gasteiger partial charge < -0.3 is 15.0 Å². The van der Waals surface area contributed by atoms with Gasteiger partial charge in [-0.15, -0.1) is 0 Å². The predicted octanol–water partition coefficient (Wildman–Crippen LogP) is 8.24. The van der Waals surface area contributed by atoms with Gasteiger partial charge >= 0.3 is 0 Å². The van der Waals surface area contributed by atoms with Crippen molar-refractivity contribution in [3.8, 4) is 5.75 Å². The highest BCUT2D eigenvalue weighted by Gasteiger charge is 2.10. The van der Waals surface area contributed by atoms with Crippen molar-refractivity contribution in [2.45, 2.75) is 104 Å². The zero-order valence-corrected chi connectivity index (χ0v) is 23.6. The summed E-state index contributed by atoms with van der Waals surface area (Å²) in [6.07, 6.45) is 23.8. The van der Waals surface area contributed by atoms with Crippen molar-refractivity contribution in [1.82, 2.24) is 10.2 Å². The molecule has 0 saturated heterocycles. The smallest absolute Gasteiger partial charge is 0.224 e. The lowest BCUT2D eigenvalue weighted by Crippen LogP contribution is -2.29. The van der Waals surface area contributed by atoms with E-state index in [-0.39, 0.29) is 12.3 Å². The summed E-state index contributed by atoms with van der Waals surface area (Å²) in [6.45, 7) is 7.68. The first kappa shape index (κ1) is 30.3. The quantitative estimate of drug-likeness (QED) is 0.177. The van der Waals surface area contributed by atoms with E-state index in [1.54, 1.807) is 0 Å². The highest BCUT2D eigenvalue weighted by Crippen LogP contribution is 2.23. The fourth-order valence-corrected chi connectivity index (χ4v) is 4.72. The van der Waals surface area contributed by atoms with E-state index in [0.717, 1.165) is 42.8 Å². The van der Waals surface area contributed by atoms with Gasteiger partial charge in [0.15, 0.2) is 0 Å². The van der Waals surface area contributed by atoms with Crippen LogP contribution in [0.1, 0.15) is 103 Å². The molecule has 0 unspecified atom stereocenters. The van der Waals surface area contributed by atoms with Crippen molar-refractivity contribution in [1.29, 1.82) is 0 Å². The van der Waals surface area contributed by atoms with Gasteiger partial charge in [0, 0.05) is 24.7 Å². The topological polar surface area (TPSA) is 41.6 Å². The van der Waals surface area contributed by atoms with Gasteiger partial charge in [0.05, 0.1) is 13.0 Å². The second-order valence-electron chi connectivity index (χ2n) is 10.0. The second-order valence-corrected chi connectivity index (χ2v) is 10.4. The Kier molecular flexibility index (Phi) is 16.2. The molecule has 1 aliphatic rings. The van der Waals surface area contributed by atoms with E-state index in [4.69, 9.17) is 16.3 Å². The molecular weight excluding hydrogens is 468 g/mol. The zero-order valence-electron chi connectivity index (χ0n) is 22.8. The Morgan fingerprint density at radius 1 is 0.944 bits per heavy atom. The molecule has 1 aromatic carbocycles. The Labute approximate surface area is 225 Å². The third kappa shape index (κ3) is 13.4. The van der Waals surface area contributed by atoms with E-state index in [2.05, 4.69) is 42.4 Å². The second kappa shape index (κ2) is 19.2. The van der Waals surface area contributed by atoms with Gasteiger partial charge in [0.25, 0.3) is 0 Å². The molecule has 1 heterocycles. The van der Waals surface area contributed by atoms with Crippen molar-refractivity contribution in [2.75, 3.05) is 26.2 Å². The highest BCUT2D eigenvalue weighted by molar-refractivity contribution is 6.31. The van der Waals surface area contributed by atoms with Crippen LogP contribution >= 0.6 is 11.6 Å². The van der Waals surface area contributed by atoms with Gasteiger partial charge in [-0.3, -0.25) is 4.79 Å². The van der Waals surface area contributed by atoms with Gasteiger partial charge in [0.1, 0.15) is 5.75 Å². The Morgan fingerprint density at radius 3 is 2.19 bits per heavy atom. The van der Waals surface area contributed by atoms with Gasteiger partial charge in [-0.05, 0) is 48.4 Å². The molecule has 2 rings (SSSR count). The average molecular weight is 517 g/mol. The summed E-state index contributed by atoms with van der Waals surface area (Å²) in [4.78, 5) is 14.7. The van der Waals surface area contributed by atoms with Crippen molar-refractivity contribution < 1.29 is 9.53 Å². The molecule has 0 fully saturated rings. The summed E-state index contributed by atoms with van der Waals surface area (Å²) < 4.78 is 5.89. The molecule has 1 amide bonds. The van der Waals surface area contributed by atoms with Crippen molar-refractivity contribution in [2.24, 2.45) is 0 Å². The van der Waals surface area contributed by atoms with E-state index < -0.39 is 0 Å². The largest absolute Gasteiger partial charge is 0.494 e. The van der Waals surface area contributed by atoms with E-state index >= 15 is 0 Å². The van der Waals surface area contributed by atoms with E-state index in [1.807, 2.05) is 18.2 Å². The lowest BCUT2D eigenvalue weighted by atomic mass is 10.1. The summed E-state index contributed by atoms with van der Waals surface area (Å²) in [5.41, 5.74) is 1.97. The Bertz CT molecular complexity index is 806. The fraction of sp³-hybridized carbons (Fsp3) is 0.645. The van der Waals surface area contributed by atoms with Crippen molar-refractivity contribution in [3.05, 3.63) is 52.7 Å². The van der Waals surface area contributed by atoms with E-state index in [0.29, 0.717) is 18.2 Å². The first-order valence-electron chi connectivity index (χ1n) is 14.4. The van der Waals surface area contributed by atoms with Gasteiger partial charge in [-0.1, -0.05) is 108 Å². The minimum atomic E-state index is -0.0210. The average Bonchev–Trinajstić information content (AvgIpc) is 2.88. The Morgan fingerprint density at radius 2 is 1.61 bits per heavy atom. The number of carbonyl (C=O) groups excluding carboxylic acids is 1. The van der Waals surface area contributed by atoms with E-state index in [9.17, 15) is 4.79 Å². The summed E-state index contributed by atoms with van der Waals surface area (Å²) in [6, 6.07) is 5.66. The molecule has 0 bridgehead atoms.